The van der Waals surface area contributed by atoms with Crippen LogP contribution in [0.4, 0.5) is 0 Å². The van der Waals surface area contributed by atoms with Crippen LogP contribution in [0.3, 0.4) is 0 Å². The first-order chi connectivity index (χ1) is 6.79. The Bertz CT molecular complexity index is 379. The third-order valence-electron chi connectivity index (χ3n) is 2.46. The smallest absolute Gasteiger partial charge is 0.160 e. The maximum Gasteiger partial charge on any atom is 0.160 e. The Balaban J connectivity index is 2.40. The Morgan fingerprint density at radius 3 is 2.43 bits per heavy atom. The van der Waals surface area contributed by atoms with Crippen molar-refractivity contribution in [2.75, 3.05) is 0 Å². The molecule has 2 heteroatoms. The standard InChI is InChI=1S/C12H11ClO/c13-12(9-5-2-1-3-6-9)10-7-4-8-11(10)14/h1-3,5-6H,4,7-8H2/b12-10+. The average Bonchev–Trinajstić information content (AvgIpc) is 2.65. The summed E-state index contributed by atoms with van der Waals surface area (Å²) in [7, 11) is 0. The van der Waals surface area contributed by atoms with Gasteiger partial charge in [-0.25, -0.2) is 0 Å². The molecule has 0 saturated heterocycles. The van der Waals surface area contributed by atoms with E-state index in [0.717, 1.165) is 24.0 Å². The lowest BCUT2D eigenvalue weighted by Crippen LogP contribution is -1.93. The fourth-order valence-corrected chi connectivity index (χ4v) is 2.03. The highest BCUT2D eigenvalue weighted by Crippen LogP contribution is 2.31. The van der Waals surface area contributed by atoms with E-state index in [9.17, 15) is 4.79 Å². The predicted octanol–water partition coefficient (Wildman–Crippen LogP) is 3.39. The minimum Gasteiger partial charge on any atom is -0.294 e. The molecule has 1 aliphatic carbocycles. The van der Waals surface area contributed by atoms with Crippen LogP contribution in [0.15, 0.2) is 35.9 Å². The van der Waals surface area contributed by atoms with Gasteiger partial charge in [0.05, 0.1) is 5.03 Å². The summed E-state index contributed by atoms with van der Waals surface area (Å²) in [5, 5.41) is 0.633. The Hall–Kier alpha value is -1.08. The van der Waals surface area contributed by atoms with Crippen molar-refractivity contribution < 1.29 is 4.79 Å². The molecule has 1 nitrogen and oxygen atoms in total. The fourth-order valence-electron chi connectivity index (χ4n) is 1.71. The second-order valence-electron chi connectivity index (χ2n) is 3.44. The molecule has 0 amide bonds. The zero-order valence-electron chi connectivity index (χ0n) is 7.79. The molecule has 0 bridgehead atoms. The Labute approximate surface area is 88.4 Å². The topological polar surface area (TPSA) is 17.1 Å². The number of rotatable bonds is 1. The van der Waals surface area contributed by atoms with E-state index in [-0.39, 0.29) is 5.78 Å². The molecule has 1 aromatic rings. The first-order valence-corrected chi connectivity index (χ1v) is 5.14. The fraction of sp³-hybridized carbons (Fsp3) is 0.250. The van der Waals surface area contributed by atoms with E-state index in [2.05, 4.69) is 0 Å². The van der Waals surface area contributed by atoms with E-state index in [1.54, 1.807) is 0 Å². The number of ketones is 1. The number of allylic oxidation sites excluding steroid dienone is 1. The molecule has 1 fully saturated rings. The lowest BCUT2D eigenvalue weighted by Gasteiger charge is -2.02. The largest absolute Gasteiger partial charge is 0.294 e. The Morgan fingerprint density at radius 1 is 1.14 bits per heavy atom. The van der Waals surface area contributed by atoms with E-state index < -0.39 is 0 Å². The number of benzene rings is 1. The van der Waals surface area contributed by atoms with Crippen LogP contribution in [0.5, 0.6) is 0 Å². The van der Waals surface area contributed by atoms with Crippen molar-refractivity contribution in [1.29, 1.82) is 0 Å². The molecule has 2 rings (SSSR count). The molecule has 0 heterocycles. The normalized spacial score (nSPS) is 19.9. The minimum atomic E-state index is 0.207. The van der Waals surface area contributed by atoms with Crippen LogP contribution in [-0.4, -0.2) is 5.78 Å². The summed E-state index contributed by atoms with van der Waals surface area (Å²) in [6.45, 7) is 0. The highest BCUT2D eigenvalue weighted by atomic mass is 35.5. The number of halogens is 1. The van der Waals surface area contributed by atoms with Crippen LogP contribution < -0.4 is 0 Å². The van der Waals surface area contributed by atoms with Crippen LogP contribution >= 0.6 is 11.6 Å². The van der Waals surface area contributed by atoms with Crippen molar-refractivity contribution in [3.63, 3.8) is 0 Å². The molecule has 0 spiro atoms. The zero-order chi connectivity index (χ0) is 9.97. The van der Waals surface area contributed by atoms with Crippen molar-refractivity contribution in [2.45, 2.75) is 19.3 Å². The van der Waals surface area contributed by atoms with E-state index in [1.165, 1.54) is 0 Å². The first kappa shape index (κ1) is 9.47. The Kier molecular flexibility index (Phi) is 2.69. The van der Waals surface area contributed by atoms with Crippen LogP contribution in [0.25, 0.3) is 5.03 Å². The minimum absolute atomic E-state index is 0.207. The first-order valence-electron chi connectivity index (χ1n) is 4.76. The lowest BCUT2D eigenvalue weighted by molar-refractivity contribution is -0.114. The Morgan fingerprint density at radius 2 is 1.86 bits per heavy atom. The van der Waals surface area contributed by atoms with E-state index in [4.69, 9.17) is 11.6 Å². The molecule has 72 valence electrons. The molecule has 14 heavy (non-hydrogen) atoms. The van der Waals surface area contributed by atoms with Gasteiger partial charge in [-0.2, -0.15) is 0 Å². The summed E-state index contributed by atoms with van der Waals surface area (Å²) in [6.07, 6.45) is 2.42. The SMILES string of the molecule is O=C1CCC/C1=C(\Cl)c1ccccc1. The molecule has 0 unspecified atom stereocenters. The molecule has 0 aliphatic heterocycles. The van der Waals surface area contributed by atoms with E-state index >= 15 is 0 Å². The van der Waals surface area contributed by atoms with Crippen molar-refractivity contribution in [1.82, 2.24) is 0 Å². The summed E-state index contributed by atoms with van der Waals surface area (Å²) in [5.74, 6) is 0.207. The van der Waals surface area contributed by atoms with Crippen molar-refractivity contribution in [2.24, 2.45) is 0 Å². The van der Waals surface area contributed by atoms with Crippen LogP contribution in [0.2, 0.25) is 0 Å². The average molecular weight is 207 g/mol. The molecule has 0 N–H and O–H groups in total. The van der Waals surface area contributed by atoms with Gasteiger partial charge in [-0.1, -0.05) is 41.9 Å². The molecule has 1 aromatic carbocycles. The van der Waals surface area contributed by atoms with Gasteiger partial charge in [0.2, 0.25) is 0 Å². The van der Waals surface area contributed by atoms with Crippen LogP contribution in [-0.2, 0) is 4.79 Å². The van der Waals surface area contributed by atoms with Gasteiger partial charge < -0.3 is 0 Å². The van der Waals surface area contributed by atoms with Gasteiger partial charge in [-0.05, 0) is 18.4 Å². The number of carbonyl (C=O) groups excluding carboxylic acids is 1. The summed E-state index contributed by atoms with van der Waals surface area (Å²) >= 11 is 6.17. The molecule has 0 aromatic heterocycles. The molecular weight excluding hydrogens is 196 g/mol. The third kappa shape index (κ3) is 1.73. The number of Topliss-reactive ketones (excluding diaryl/α,β-unsaturated/α-hetero) is 1. The lowest BCUT2D eigenvalue weighted by atomic mass is 10.1. The number of hydrogen-bond donors (Lipinski definition) is 0. The maximum absolute atomic E-state index is 11.4. The van der Waals surface area contributed by atoms with Gasteiger partial charge >= 0.3 is 0 Å². The van der Waals surface area contributed by atoms with Gasteiger partial charge in [0.15, 0.2) is 5.78 Å². The second-order valence-corrected chi connectivity index (χ2v) is 3.81. The highest BCUT2D eigenvalue weighted by Gasteiger charge is 2.20. The van der Waals surface area contributed by atoms with Crippen molar-refractivity contribution >= 4 is 22.4 Å². The van der Waals surface area contributed by atoms with Gasteiger partial charge in [-0.15, -0.1) is 0 Å². The third-order valence-corrected chi connectivity index (χ3v) is 2.91. The zero-order valence-corrected chi connectivity index (χ0v) is 8.55. The van der Waals surface area contributed by atoms with Crippen LogP contribution in [0, 0.1) is 0 Å². The summed E-state index contributed by atoms with van der Waals surface area (Å²) in [6, 6.07) is 9.66. The monoisotopic (exact) mass is 206 g/mol. The molecule has 1 aliphatic rings. The van der Waals surface area contributed by atoms with Gasteiger partial charge in [-0.3, -0.25) is 4.79 Å². The number of carbonyl (C=O) groups is 1. The molecule has 0 radical (unpaired) electrons. The summed E-state index contributed by atoms with van der Waals surface area (Å²) in [5.41, 5.74) is 1.75. The van der Waals surface area contributed by atoms with Crippen LogP contribution in [0.1, 0.15) is 24.8 Å². The van der Waals surface area contributed by atoms with Crippen molar-refractivity contribution in [3.8, 4) is 0 Å². The van der Waals surface area contributed by atoms with Gasteiger partial charge in [0.1, 0.15) is 0 Å². The molecule has 0 atom stereocenters. The van der Waals surface area contributed by atoms with Gasteiger partial charge in [0, 0.05) is 12.0 Å². The van der Waals surface area contributed by atoms with E-state index in [0.29, 0.717) is 11.5 Å². The van der Waals surface area contributed by atoms with Crippen molar-refractivity contribution in [3.05, 3.63) is 41.5 Å². The highest BCUT2D eigenvalue weighted by molar-refractivity contribution is 6.51. The predicted molar refractivity (Wildman–Crippen MR) is 58.1 cm³/mol. The van der Waals surface area contributed by atoms with E-state index in [1.807, 2.05) is 30.3 Å². The maximum atomic E-state index is 11.4. The number of hydrogen-bond acceptors (Lipinski definition) is 1. The molecule has 1 saturated carbocycles. The van der Waals surface area contributed by atoms with Gasteiger partial charge in [0.25, 0.3) is 0 Å². The summed E-state index contributed by atoms with van der Waals surface area (Å²) in [4.78, 5) is 11.4. The second kappa shape index (κ2) is 3.97. The molecular formula is C12H11ClO. The quantitative estimate of drug-likeness (QED) is 0.644. The summed E-state index contributed by atoms with van der Waals surface area (Å²) < 4.78 is 0.